The number of fused-ring (bicyclic) bond motifs is 2. The highest BCUT2D eigenvalue weighted by Gasteiger charge is 2.46. The van der Waals surface area contributed by atoms with E-state index in [-0.39, 0.29) is 0 Å². The average molecular weight is 265 g/mol. The van der Waals surface area contributed by atoms with E-state index in [1.807, 2.05) is 0 Å². The molecule has 3 rings (SSSR count). The molecule has 3 fully saturated rings. The lowest BCUT2D eigenvalue weighted by Crippen LogP contribution is -2.50. The average Bonchev–Trinajstić information content (AvgIpc) is 2.90. The molecule has 19 heavy (non-hydrogen) atoms. The van der Waals surface area contributed by atoms with Crippen molar-refractivity contribution in [1.29, 1.82) is 0 Å². The minimum atomic E-state index is -0.606. The van der Waals surface area contributed by atoms with Crippen LogP contribution in [0.1, 0.15) is 64.7 Å². The van der Waals surface area contributed by atoms with Crippen molar-refractivity contribution in [1.82, 2.24) is 4.90 Å². The van der Waals surface area contributed by atoms with Gasteiger partial charge in [-0.2, -0.15) is 0 Å². The number of hydrogen-bond acceptors (Lipinski definition) is 2. The van der Waals surface area contributed by atoms with E-state index in [0.29, 0.717) is 24.4 Å². The van der Waals surface area contributed by atoms with Crippen LogP contribution in [0.5, 0.6) is 0 Å². The quantitative estimate of drug-likeness (QED) is 0.848. The summed E-state index contributed by atoms with van der Waals surface area (Å²) in [6.45, 7) is 2.34. The van der Waals surface area contributed by atoms with Crippen molar-refractivity contribution in [2.75, 3.05) is 0 Å². The number of carbonyl (C=O) groups is 1. The molecule has 0 spiro atoms. The third kappa shape index (κ3) is 2.54. The first kappa shape index (κ1) is 13.4. The number of nitrogens with zero attached hydrogens (tertiary/aromatic N) is 1. The Morgan fingerprint density at radius 3 is 2.42 bits per heavy atom. The first-order chi connectivity index (χ1) is 9.19. The third-order valence-corrected chi connectivity index (χ3v) is 5.88. The van der Waals surface area contributed by atoms with Crippen LogP contribution in [0.2, 0.25) is 0 Å². The zero-order valence-electron chi connectivity index (χ0n) is 12.1. The van der Waals surface area contributed by atoms with Gasteiger partial charge in [-0.15, -0.1) is 0 Å². The smallest absolute Gasteiger partial charge is 0.303 e. The minimum absolute atomic E-state index is 0.392. The van der Waals surface area contributed by atoms with E-state index in [1.165, 1.54) is 38.5 Å². The Bertz CT molecular complexity index is 330. The lowest BCUT2D eigenvalue weighted by molar-refractivity contribution is -0.138. The van der Waals surface area contributed by atoms with Crippen molar-refractivity contribution in [3.05, 3.63) is 0 Å². The highest BCUT2D eigenvalue weighted by molar-refractivity contribution is 5.67. The normalized spacial score (nSPS) is 42.7. The summed E-state index contributed by atoms with van der Waals surface area (Å²) >= 11 is 0. The molecule has 2 aliphatic heterocycles. The van der Waals surface area contributed by atoms with Gasteiger partial charge in [-0.3, -0.25) is 9.69 Å². The zero-order valence-corrected chi connectivity index (χ0v) is 12.1. The Balaban J connectivity index is 1.67. The molecule has 2 saturated heterocycles. The predicted molar refractivity (Wildman–Crippen MR) is 75.0 cm³/mol. The van der Waals surface area contributed by atoms with E-state index < -0.39 is 5.97 Å². The van der Waals surface area contributed by atoms with Gasteiger partial charge in [0.2, 0.25) is 0 Å². The summed E-state index contributed by atoms with van der Waals surface area (Å²) in [6.07, 6.45) is 10.8. The molecule has 4 atom stereocenters. The molecule has 0 aromatic carbocycles. The van der Waals surface area contributed by atoms with Gasteiger partial charge in [0.25, 0.3) is 0 Å². The van der Waals surface area contributed by atoms with Gasteiger partial charge in [0.05, 0.1) is 0 Å². The molecule has 3 nitrogen and oxygen atoms in total. The van der Waals surface area contributed by atoms with Gasteiger partial charge in [0.1, 0.15) is 0 Å². The summed E-state index contributed by atoms with van der Waals surface area (Å²) in [6, 6.07) is 2.20. The lowest BCUT2D eigenvalue weighted by atomic mass is 9.85. The highest BCUT2D eigenvalue weighted by Crippen LogP contribution is 2.45. The van der Waals surface area contributed by atoms with Gasteiger partial charge < -0.3 is 5.11 Å². The molecule has 2 heterocycles. The van der Waals surface area contributed by atoms with Crippen LogP contribution >= 0.6 is 0 Å². The zero-order chi connectivity index (χ0) is 13.4. The Labute approximate surface area is 116 Å². The highest BCUT2D eigenvalue weighted by atomic mass is 16.4. The van der Waals surface area contributed by atoms with Crippen molar-refractivity contribution in [3.63, 3.8) is 0 Å². The summed E-state index contributed by atoms with van der Waals surface area (Å²) in [4.78, 5) is 13.8. The van der Waals surface area contributed by atoms with E-state index in [2.05, 4.69) is 11.8 Å². The molecular weight excluding hydrogens is 238 g/mol. The van der Waals surface area contributed by atoms with Crippen LogP contribution in [-0.2, 0) is 4.79 Å². The Morgan fingerprint density at radius 2 is 1.84 bits per heavy atom. The van der Waals surface area contributed by atoms with Gasteiger partial charge in [-0.05, 0) is 50.4 Å². The molecule has 4 unspecified atom stereocenters. The van der Waals surface area contributed by atoms with Gasteiger partial charge in [0.15, 0.2) is 0 Å². The maximum atomic E-state index is 10.9. The van der Waals surface area contributed by atoms with Crippen molar-refractivity contribution >= 4 is 5.97 Å². The summed E-state index contributed by atoms with van der Waals surface area (Å²) in [5.41, 5.74) is 0. The molecule has 1 saturated carbocycles. The fourth-order valence-corrected chi connectivity index (χ4v) is 5.17. The molecule has 1 N–H and O–H groups in total. The van der Waals surface area contributed by atoms with Crippen LogP contribution in [0.4, 0.5) is 0 Å². The maximum absolute atomic E-state index is 10.9. The van der Waals surface area contributed by atoms with E-state index in [9.17, 15) is 4.79 Å². The fourth-order valence-electron chi connectivity index (χ4n) is 5.17. The first-order valence-corrected chi connectivity index (χ1v) is 8.18. The molecule has 0 aromatic heterocycles. The van der Waals surface area contributed by atoms with Crippen LogP contribution in [0, 0.1) is 11.8 Å². The molecule has 0 radical (unpaired) electrons. The molecule has 1 aliphatic carbocycles. The molecule has 0 aromatic rings. The van der Waals surface area contributed by atoms with Gasteiger partial charge in [-0.25, -0.2) is 0 Å². The topological polar surface area (TPSA) is 40.5 Å². The Hall–Kier alpha value is -0.570. The summed E-state index contributed by atoms with van der Waals surface area (Å²) in [7, 11) is 0. The van der Waals surface area contributed by atoms with Gasteiger partial charge >= 0.3 is 5.97 Å². The molecular formula is C16H27NO2. The van der Waals surface area contributed by atoms with Crippen molar-refractivity contribution in [2.45, 2.75) is 82.8 Å². The standard InChI is InChI=1S/C16H27NO2/c1-2-12-4-3-5-15(12)17-13-6-7-14(17)9-11(8-13)10-16(18)19/h11-15H,2-10H2,1H3,(H,18,19). The maximum Gasteiger partial charge on any atom is 0.303 e. The van der Waals surface area contributed by atoms with Crippen LogP contribution < -0.4 is 0 Å². The first-order valence-electron chi connectivity index (χ1n) is 8.18. The minimum Gasteiger partial charge on any atom is -0.481 e. The number of aliphatic carboxylic acids is 1. The largest absolute Gasteiger partial charge is 0.481 e. The fraction of sp³-hybridized carbons (Fsp3) is 0.938. The SMILES string of the molecule is CCC1CCCC1N1C2CCC1CC(CC(=O)O)C2. The second kappa shape index (κ2) is 5.43. The predicted octanol–water partition coefficient (Wildman–Crippen LogP) is 3.28. The van der Waals surface area contributed by atoms with Crippen molar-refractivity contribution < 1.29 is 9.90 Å². The van der Waals surface area contributed by atoms with Crippen LogP contribution in [0.3, 0.4) is 0 Å². The number of carboxylic acid groups (broad SMARTS) is 1. The van der Waals surface area contributed by atoms with Crippen molar-refractivity contribution in [2.24, 2.45) is 11.8 Å². The molecule has 3 aliphatic rings. The Morgan fingerprint density at radius 1 is 1.16 bits per heavy atom. The molecule has 3 heteroatoms. The number of piperidine rings is 1. The number of hydrogen-bond donors (Lipinski definition) is 1. The Kier molecular flexibility index (Phi) is 3.84. The lowest BCUT2D eigenvalue weighted by Gasteiger charge is -2.44. The van der Waals surface area contributed by atoms with E-state index >= 15 is 0 Å². The van der Waals surface area contributed by atoms with Crippen LogP contribution in [0.15, 0.2) is 0 Å². The summed E-state index contributed by atoms with van der Waals surface area (Å²) in [5, 5.41) is 9.00. The van der Waals surface area contributed by atoms with Crippen molar-refractivity contribution in [3.8, 4) is 0 Å². The second-order valence-corrected chi connectivity index (χ2v) is 6.93. The van der Waals surface area contributed by atoms with Gasteiger partial charge in [-0.1, -0.05) is 19.8 Å². The van der Waals surface area contributed by atoms with Crippen LogP contribution in [0.25, 0.3) is 0 Å². The second-order valence-electron chi connectivity index (χ2n) is 6.93. The van der Waals surface area contributed by atoms with E-state index in [0.717, 1.165) is 24.8 Å². The number of carboxylic acids is 1. The summed E-state index contributed by atoms with van der Waals surface area (Å²) in [5.74, 6) is 0.733. The third-order valence-electron chi connectivity index (χ3n) is 5.88. The van der Waals surface area contributed by atoms with Gasteiger partial charge in [0, 0.05) is 24.5 Å². The molecule has 108 valence electrons. The summed E-state index contributed by atoms with van der Waals surface area (Å²) < 4.78 is 0. The molecule has 0 amide bonds. The monoisotopic (exact) mass is 265 g/mol. The number of rotatable bonds is 4. The van der Waals surface area contributed by atoms with E-state index in [1.54, 1.807) is 0 Å². The van der Waals surface area contributed by atoms with E-state index in [4.69, 9.17) is 5.11 Å². The molecule has 2 bridgehead atoms. The van der Waals surface area contributed by atoms with Crippen LogP contribution in [-0.4, -0.2) is 34.1 Å².